The zero-order chi connectivity index (χ0) is 15.8. The van der Waals surface area contributed by atoms with E-state index in [-0.39, 0.29) is 11.5 Å². The second-order valence-corrected chi connectivity index (χ2v) is 5.21. The monoisotopic (exact) mass is 294 g/mol. The first-order valence-corrected chi connectivity index (χ1v) is 7.41. The summed E-state index contributed by atoms with van der Waals surface area (Å²) in [5.74, 6) is 0.0683. The van der Waals surface area contributed by atoms with Gasteiger partial charge in [0, 0.05) is 30.5 Å². The number of carbonyl (C=O) groups excluding carboxylic acids is 1. The molecule has 5 nitrogen and oxygen atoms in total. The molecule has 0 aliphatic carbocycles. The van der Waals surface area contributed by atoms with Gasteiger partial charge in [-0.05, 0) is 37.1 Å². The Bertz CT molecular complexity index is 610. The summed E-state index contributed by atoms with van der Waals surface area (Å²) in [5.41, 5.74) is 1.40. The number of rotatable bonds is 3. The van der Waals surface area contributed by atoms with E-state index in [2.05, 4.69) is 5.32 Å². The van der Waals surface area contributed by atoms with Crippen molar-refractivity contribution in [2.75, 3.05) is 18.4 Å². The average molecular weight is 294 g/mol. The molecule has 5 heteroatoms. The average Bonchev–Trinajstić information content (AvgIpc) is 2.85. The highest BCUT2D eigenvalue weighted by Crippen LogP contribution is 2.15. The lowest BCUT2D eigenvalue weighted by Gasteiger charge is -2.20. The predicted octanol–water partition coefficient (Wildman–Crippen LogP) is 3.05. The van der Waals surface area contributed by atoms with Gasteiger partial charge in [-0.1, -0.05) is 12.8 Å². The van der Waals surface area contributed by atoms with E-state index in [1.54, 1.807) is 36.4 Å². The van der Waals surface area contributed by atoms with Gasteiger partial charge < -0.3 is 10.2 Å². The molecule has 1 saturated heterocycles. The van der Waals surface area contributed by atoms with Crippen molar-refractivity contribution in [3.63, 3.8) is 0 Å². The Labute approximate surface area is 130 Å². The van der Waals surface area contributed by atoms with E-state index in [0.717, 1.165) is 31.6 Å². The van der Waals surface area contributed by atoms with Crippen LogP contribution >= 0.6 is 0 Å². The van der Waals surface area contributed by atoms with Crippen molar-refractivity contribution in [2.24, 2.45) is 0 Å². The summed E-state index contributed by atoms with van der Waals surface area (Å²) in [6.07, 6.45) is 5.88. The molecule has 0 spiro atoms. The van der Waals surface area contributed by atoms with Crippen molar-refractivity contribution in [1.82, 2.24) is 4.90 Å². The zero-order valence-corrected chi connectivity index (χ0v) is 12.4. The van der Waals surface area contributed by atoms with Crippen LogP contribution in [0.3, 0.4) is 0 Å². The molecule has 0 atom stereocenters. The molecule has 1 aromatic rings. The zero-order valence-electron chi connectivity index (χ0n) is 12.4. The summed E-state index contributed by atoms with van der Waals surface area (Å²) < 4.78 is 0. The number of nitrogens with one attached hydrogen (secondary N) is 1. The molecule has 0 radical (unpaired) electrons. The highest BCUT2D eigenvalue weighted by Gasteiger charge is 2.16. The van der Waals surface area contributed by atoms with Gasteiger partial charge in [-0.3, -0.25) is 4.79 Å². The van der Waals surface area contributed by atoms with Crippen molar-refractivity contribution in [3.05, 3.63) is 41.6 Å². The van der Waals surface area contributed by atoms with Gasteiger partial charge in [0.15, 0.2) is 0 Å². The van der Waals surface area contributed by atoms with Gasteiger partial charge in [0.25, 0.3) is 5.91 Å². The number of hydrogen-bond acceptors (Lipinski definition) is 4. The standard InChI is InChI=1S/C17H18N4O/c18-11-14(12-19)13-20-16-7-5-15(6-8-16)17(22)21-9-3-1-2-4-10-21/h5-8,13,20H,1-4,9-10H2. The predicted molar refractivity (Wildman–Crippen MR) is 83.7 cm³/mol. The van der Waals surface area contributed by atoms with Gasteiger partial charge in [-0.15, -0.1) is 0 Å². The maximum absolute atomic E-state index is 12.4. The van der Waals surface area contributed by atoms with E-state index in [9.17, 15) is 4.79 Å². The Morgan fingerprint density at radius 3 is 2.18 bits per heavy atom. The van der Waals surface area contributed by atoms with Gasteiger partial charge in [0.05, 0.1) is 0 Å². The molecule has 1 aromatic carbocycles. The first-order chi connectivity index (χ1) is 10.7. The number of carbonyl (C=O) groups is 1. The highest BCUT2D eigenvalue weighted by molar-refractivity contribution is 5.94. The van der Waals surface area contributed by atoms with Gasteiger partial charge in [0.2, 0.25) is 0 Å². The number of anilines is 1. The summed E-state index contributed by atoms with van der Waals surface area (Å²) in [6, 6.07) is 10.6. The fraction of sp³-hybridized carbons (Fsp3) is 0.353. The SMILES string of the molecule is N#CC(C#N)=CNc1ccc(C(=O)N2CCCCCC2)cc1. The molecule has 2 rings (SSSR count). The number of nitrogens with zero attached hydrogens (tertiary/aromatic N) is 3. The van der Waals surface area contributed by atoms with Gasteiger partial charge in [-0.25, -0.2) is 0 Å². The summed E-state index contributed by atoms with van der Waals surface area (Å²) in [6.45, 7) is 1.66. The Morgan fingerprint density at radius 1 is 1.05 bits per heavy atom. The van der Waals surface area contributed by atoms with Crippen LogP contribution in [0.15, 0.2) is 36.0 Å². The number of amides is 1. The molecule has 1 N–H and O–H groups in total. The number of allylic oxidation sites excluding steroid dienone is 1. The van der Waals surface area contributed by atoms with Gasteiger partial charge in [0.1, 0.15) is 17.7 Å². The first-order valence-electron chi connectivity index (χ1n) is 7.41. The minimum Gasteiger partial charge on any atom is -0.360 e. The van der Waals surface area contributed by atoms with Gasteiger partial charge in [-0.2, -0.15) is 10.5 Å². The van der Waals surface area contributed by atoms with Crippen molar-refractivity contribution in [2.45, 2.75) is 25.7 Å². The normalized spacial score (nSPS) is 14.2. The van der Waals surface area contributed by atoms with Crippen LogP contribution in [0.5, 0.6) is 0 Å². The summed E-state index contributed by atoms with van der Waals surface area (Å²) in [4.78, 5) is 14.3. The number of hydrogen-bond donors (Lipinski definition) is 1. The fourth-order valence-electron chi connectivity index (χ4n) is 2.41. The van der Waals surface area contributed by atoms with Crippen molar-refractivity contribution in [3.8, 4) is 12.1 Å². The van der Waals surface area contributed by atoms with E-state index in [4.69, 9.17) is 10.5 Å². The quantitative estimate of drug-likeness (QED) is 0.869. The molecular formula is C17H18N4O. The van der Waals surface area contributed by atoms with Crippen LogP contribution in [0.2, 0.25) is 0 Å². The molecule has 0 saturated carbocycles. The topological polar surface area (TPSA) is 79.9 Å². The van der Waals surface area contributed by atoms with Crippen molar-refractivity contribution < 1.29 is 4.79 Å². The number of nitriles is 2. The minimum absolute atomic E-state index is 0.00437. The number of benzene rings is 1. The van der Waals surface area contributed by atoms with Crippen LogP contribution < -0.4 is 5.32 Å². The molecule has 1 amide bonds. The van der Waals surface area contributed by atoms with Crippen LogP contribution in [0, 0.1) is 22.7 Å². The smallest absolute Gasteiger partial charge is 0.253 e. The molecule has 22 heavy (non-hydrogen) atoms. The Morgan fingerprint density at radius 2 is 1.64 bits per heavy atom. The lowest BCUT2D eigenvalue weighted by molar-refractivity contribution is 0.0761. The fourth-order valence-corrected chi connectivity index (χ4v) is 2.41. The van der Waals surface area contributed by atoms with Crippen LogP contribution in [-0.2, 0) is 0 Å². The number of likely N-dealkylation sites (tertiary alicyclic amines) is 1. The van der Waals surface area contributed by atoms with Crippen LogP contribution in [-0.4, -0.2) is 23.9 Å². The minimum atomic E-state index is 0.00437. The maximum atomic E-state index is 12.4. The molecule has 0 bridgehead atoms. The molecule has 1 fully saturated rings. The third kappa shape index (κ3) is 4.10. The largest absolute Gasteiger partial charge is 0.360 e. The summed E-state index contributed by atoms with van der Waals surface area (Å²) in [7, 11) is 0. The molecular weight excluding hydrogens is 276 g/mol. The van der Waals surface area contributed by atoms with E-state index >= 15 is 0 Å². The molecule has 112 valence electrons. The summed E-state index contributed by atoms with van der Waals surface area (Å²) >= 11 is 0. The van der Waals surface area contributed by atoms with E-state index < -0.39 is 0 Å². The van der Waals surface area contributed by atoms with Crippen LogP contribution in [0.25, 0.3) is 0 Å². The second kappa shape index (κ2) is 7.85. The van der Waals surface area contributed by atoms with Gasteiger partial charge >= 0.3 is 0 Å². The Hall–Kier alpha value is -2.79. The van der Waals surface area contributed by atoms with Crippen LogP contribution in [0.4, 0.5) is 5.69 Å². The molecule has 0 unspecified atom stereocenters. The van der Waals surface area contributed by atoms with E-state index in [1.165, 1.54) is 19.0 Å². The Balaban J connectivity index is 2.02. The molecule has 1 aliphatic heterocycles. The third-order valence-electron chi connectivity index (χ3n) is 3.65. The van der Waals surface area contributed by atoms with E-state index in [0.29, 0.717) is 5.56 Å². The van der Waals surface area contributed by atoms with E-state index in [1.807, 2.05) is 4.90 Å². The summed E-state index contributed by atoms with van der Waals surface area (Å²) in [5, 5.41) is 20.2. The molecule has 1 heterocycles. The highest BCUT2D eigenvalue weighted by atomic mass is 16.2. The molecule has 1 aliphatic rings. The second-order valence-electron chi connectivity index (χ2n) is 5.21. The first kappa shape index (κ1) is 15.6. The lowest BCUT2D eigenvalue weighted by atomic mass is 10.1. The maximum Gasteiger partial charge on any atom is 0.253 e. The molecule has 0 aromatic heterocycles. The van der Waals surface area contributed by atoms with Crippen molar-refractivity contribution in [1.29, 1.82) is 10.5 Å². The lowest BCUT2D eigenvalue weighted by Crippen LogP contribution is -2.31. The Kier molecular flexibility index (Phi) is 5.57. The van der Waals surface area contributed by atoms with Crippen LogP contribution in [0.1, 0.15) is 36.0 Å². The van der Waals surface area contributed by atoms with Crippen molar-refractivity contribution >= 4 is 11.6 Å². The third-order valence-corrected chi connectivity index (χ3v) is 3.65.